The van der Waals surface area contributed by atoms with Gasteiger partial charge in [-0.05, 0) is 58.0 Å². The molecule has 0 radical (unpaired) electrons. The predicted octanol–water partition coefficient (Wildman–Crippen LogP) is 6.41. The number of nitrogens with zero attached hydrogens (tertiary/aromatic N) is 6. The number of hydrogen-bond donors (Lipinski definition) is 1. The topological polar surface area (TPSA) is 96.4 Å². The third-order valence-corrected chi connectivity index (χ3v) is 6.56. The summed E-state index contributed by atoms with van der Waals surface area (Å²) in [5.41, 5.74) is -0.408. The van der Waals surface area contributed by atoms with Gasteiger partial charge in [-0.25, -0.2) is 37.3 Å². The van der Waals surface area contributed by atoms with Crippen molar-refractivity contribution in [3.63, 3.8) is 0 Å². The molecule has 1 fully saturated rings. The van der Waals surface area contributed by atoms with Crippen molar-refractivity contribution in [3.8, 4) is 11.3 Å². The molecule has 1 aliphatic rings. The van der Waals surface area contributed by atoms with Crippen LogP contribution in [0.2, 0.25) is 0 Å². The van der Waals surface area contributed by atoms with Crippen molar-refractivity contribution in [2.24, 2.45) is 0 Å². The highest BCUT2D eigenvalue weighted by molar-refractivity contribution is 5.88. The summed E-state index contributed by atoms with van der Waals surface area (Å²) in [5, 5.41) is 2.77. The number of nitrogens with one attached hydrogen (secondary N) is 1. The second-order valence-electron chi connectivity index (χ2n) is 10.9. The van der Waals surface area contributed by atoms with Gasteiger partial charge in [-0.15, -0.1) is 0 Å². The quantitative estimate of drug-likeness (QED) is 0.269. The van der Waals surface area contributed by atoms with Gasteiger partial charge in [0.15, 0.2) is 5.82 Å². The molecule has 4 aromatic rings. The summed E-state index contributed by atoms with van der Waals surface area (Å²) in [6.07, 6.45) is -0.660. The average molecular weight is 584 g/mol. The zero-order valence-corrected chi connectivity index (χ0v) is 23.5. The third kappa shape index (κ3) is 6.34. The maximum atomic E-state index is 14.9. The number of aryl methyl sites for hydroxylation is 1. The summed E-state index contributed by atoms with van der Waals surface area (Å²) in [4.78, 5) is 32.6. The Labute approximate surface area is 239 Å². The fraction of sp³-hybridized carbons (Fsp3) is 0.345. The van der Waals surface area contributed by atoms with Crippen molar-refractivity contribution in [3.05, 3.63) is 65.6 Å². The molecule has 13 heteroatoms. The lowest BCUT2D eigenvalue weighted by atomic mass is 10.0. The van der Waals surface area contributed by atoms with Crippen LogP contribution in [0.3, 0.4) is 0 Å². The van der Waals surface area contributed by atoms with Crippen LogP contribution in [-0.4, -0.2) is 62.7 Å². The number of hydrogen-bond acceptors (Lipinski definition) is 8. The molecule has 220 valence electrons. The maximum absolute atomic E-state index is 14.9. The summed E-state index contributed by atoms with van der Waals surface area (Å²) in [6, 6.07) is 6.96. The van der Waals surface area contributed by atoms with E-state index in [-0.39, 0.29) is 39.9 Å². The van der Waals surface area contributed by atoms with E-state index in [1.165, 1.54) is 19.1 Å². The van der Waals surface area contributed by atoms with E-state index in [9.17, 15) is 22.4 Å². The SMILES string of the molecule is Cc1cc(C(F)F)c2cc(-c3nc(Nc4ccc(N5CCN(C(=O)OC(C)(C)C)CC5)cn4)ncc3F)cc(F)c2n1. The van der Waals surface area contributed by atoms with Gasteiger partial charge >= 0.3 is 6.09 Å². The first kappa shape index (κ1) is 29.0. The molecule has 4 heterocycles. The van der Waals surface area contributed by atoms with Gasteiger partial charge < -0.3 is 19.9 Å². The molecule has 1 aliphatic heterocycles. The molecule has 1 aromatic carbocycles. The maximum Gasteiger partial charge on any atom is 0.410 e. The van der Waals surface area contributed by atoms with Gasteiger partial charge in [0, 0.05) is 48.4 Å². The summed E-state index contributed by atoms with van der Waals surface area (Å²) >= 11 is 0. The molecule has 0 unspecified atom stereocenters. The Kier molecular flexibility index (Phi) is 7.85. The molecule has 1 amide bonds. The van der Waals surface area contributed by atoms with Gasteiger partial charge in [-0.2, -0.15) is 0 Å². The minimum atomic E-state index is -2.88. The molecule has 9 nitrogen and oxygen atoms in total. The van der Waals surface area contributed by atoms with Gasteiger partial charge in [0.25, 0.3) is 6.43 Å². The fourth-order valence-electron chi connectivity index (χ4n) is 4.63. The summed E-state index contributed by atoms with van der Waals surface area (Å²) in [7, 11) is 0. The largest absolute Gasteiger partial charge is 0.444 e. The Hall–Kier alpha value is -4.55. The van der Waals surface area contributed by atoms with Gasteiger partial charge in [0.1, 0.15) is 28.4 Å². The van der Waals surface area contributed by atoms with Crippen LogP contribution in [0.25, 0.3) is 22.2 Å². The standard InChI is InChI=1S/C29H29F4N7O2/c1-16-11-20(26(32)33)19-12-17(13-21(30)25(19)36-16)24-22(31)15-35-27(38-24)37-23-6-5-18(14-34-23)39-7-9-40(10-8-39)28(41)42-29(2,3)4/h5-6,11-15,26H,7-10H2,1-4H3,(H,34,35,37,38). The normalized spacial score (nSPS) is 14.0. The van der Waals surface area contributed by atoms with Gasteiger partial charge in [-0.3, -0.25) is 4.98 Å². The van der Waals surface area contributed by atoms with Crippen LogP contribution in [0.1, 0.15) is 38.5 Å². The highest BCUT2D eigenvalue weighted by Crippen LogP contribution is 2.33. The molecule has 0 saturated carbocycles. The number of piperazine rings is 1. The van der Waals surface area contributed by atoms with Crippen molar-refractivity contribution >= 4 is 34.4 Å². The van der Waals surface area contributed by atoms with Gasteiger partial charge in [0.2, 0.25) is 5.95 Å². The van der Waals surface area contributed by atoms with Gasteiger partial charge in [-0.1, -0.05) is 0 Å². The smallest absolute Gasteiger partial charge is 0.410 e. The number of benzene rings is 1. The average Bonchev–Trinajstić information content (AvgIpc) is 2.93. The number of amides is 1. The van der Waals surface area contributed by atoms with Crippen molar-refractivity contribution in [1.29, 1.82) is 0 Å². The van der Waals surface area contributed by atoms with Crippen LogP contribution in [0.5, 0.6) is 0 Å². The van der Waals surface area contributed by atoms with Crippen molar-refractivity contribution < 1.29 is 27.1 Å². The Balaban J connectivity index is 1.31. The number of carbonyl (C=O) groups is 1. The van der Waals surface area contributed by atoms with Gasteiger partial charge in [0.05, 0.1) is 18.1 Å². The Morgan fingerprint density at radius 3 is 2.36 bits per heavy atom. The zero-order valence-electron chi connectivity index (χ0n) is 23.5. The summed E-state index contributed by atoms with van der Waals surface area (Å²) in [6.45, 7) is 9.18. The van der Waals surface area contributed by atoms with E-state index in [2.05, 4.69) is 30.2 Å². The second-order valence-corrected chi connectivity index (χ2v) is 10.9. The van der Waals surface area contributed by atoms with E-state index in [1.807, 2.05) is 26.8 Å². The Morgan fingerprint density at radius 1 is 0.976 bits per heavy atom. The number of aromatic nitrogens is 4. The molecule has 0 spiro atoms. The van der Waals surface area contributed by atoms with E-state index in [0.29, 0.717) is 32.0 Å². The molecular formula is C29H29F4N7O2. The first-order chi connectivity index (χ1) is 19.9. The van der Waals surface area contributed by atoms with E-state index in [4.69, 9.17) is 4.74 Å². The Bertz CT molecular complexity index is 1620. The highest BCUT2D eigenvalue weighted by atomic mass is 19.3. The highest BCUT2D eigenvalue weighted by Gasteiger charge is 2.26. The van der Waals surface area contributed by atoms with Crippen LogP contribution in [-0.2, 0) is 4.74 Å². The lowest BCUT2D eigenvalue weighted by molar-refractivity contribution is 0.0240. The lowest BCUT2D eigenvalue weighted by Gasteiger charge is -2.36. The zero-order chi connectivity index (χ0) is 30.2. The number of ether oxygens (including phenoxy) is 1. The summed E-state index contributed by atoms with van der Waals surface area (Å²) < 4.78 is 62.5. The molecular weight excluding hydrogens is 554 g/mol. The van der Waals surface area contributed by atoms with Crippen LogP contribution in [0.15, 0.2) is 42.7 Å². The third-order valence-electron chi connectivity index (χ3n) is 6.56. The fourth-order valence-corrected chi connectivity index (χ4v) is 4.63. The number of alkyl halides is 2. The molecule has 42 heavy (non-hydrogen) atoms. The second kappa shape index (κ2) is 11.4. The predicted molar refractivity (Wildman–Crippen MR) is 150 cm³/mol. The van der Waals surface area contributed by atoms with Crippen molar-refractivity contribution in [1.82, 2.24) is 24.8 Å². The minimum Gasteiger partial charge on any atom is -0.444 e. The molecule has 3 aromatic heterocycles. The minimum absolute atomic E-state index is 0.0192. The van der Waals surface area contributed by atoms with Crippen molar-refractivity contribution in [2.45, 2.75) is 39.7 Å². The number of pyridine rings is 2. The van der Waals surface area contributed by atoms with E-state index >= 15 is 0 Å². The molecule has 0 bridgehead atoms. The number of fused-ring (bicyclic) bond motifs is 1. The number of rotatable bonds is 5. The summed E-state index contributed by atoms with van der Waals surface area (Å²) in [5.74, 6) is -1.38. The lowest BCUT2D eigenvalue weighted by Crippen LogP contribution is -2.50. The van der Waals surface area contributed by atoms with Crippen LogP contribution in [0, 0.1) is 18.6 Å². The van der Waals surface area contributed by atoms with E-state index in [1.54, 1.807) is 17.2 Å². The van der Waals surface area contributed by atoms with Crippen LogP contribution < -0.4 is 10.2 Å². The number of carbonyl (C=O) groups excluding carboxylic acids is 1. The molecule has 1 N–H and O–H groups in total. The number of halogens is 4. The monoisotopic (exact) mass is 583 g/mol. The molecule has 5 rings (SSSR count). The van der Waals surface area contributed by atoms with Crippen molar-refractivity contribution in [2.75, 3.05) is 36.4 Å². The van der Waals surface area contributed by atoms with E-state index < -0.39 is 29.2 Å². The molecule has 0 aliphatic carbocycles. The number of anilines is 3. The Morgan fingerprint density at radius 2 is 1.71 bits per heavy atom. The first-order valence-corrected chi connectivity index (χ1v) is 13.3. The first-order valence-electron chi connectivity index (χ1n) is 13.3. The molecule has 1 saturated heterocycles. The van der Waals surface area contributed by atoms with E-state index in [0.717, 1.165) is 18.0 Å². The van der Waals surface area contributed by atoms with Crippen LogP contribution in [0.4, 0.5) is 39.8 Å². The molecule has 0 atom stereocenters. The van der Waals surface area contributed by atoms with Crippen LogP contribution >= 0.6 is 0 Å².